The Bertz CT molecular complexity index is 3720. The zero-order valence-corrected chi connectivity index (χ0v) is 44.7. The van der Waals surface area contributed by atoms with E-state index in [0.717, 1.165) is 77.9 Å². The average Bonchev–Trinajstić information content (AvgIpc) is 4.40. The molecule has 2 aliphatic heterocycles. The maximum Gasteiger partial charge on any atom is 0.367 e. The van der Waals surface area contributed by atoms with E-state index < -0.39 is 43.6 Å². The second-order valence-corrected chi connectivity index (χ2v) is 23.8. The molecule has 1 saturated carbocycles. The third-order valence-electron chi connectivity index (χ3n) is 14.0. The molecule has 0 atom stereocenters. The van der Waals surface area contributed by atoms with E-state index >= 15 is 0 Å². The average molecular weight is 1140 g/mol. The van der Waals surface area contributed by atoms with E-state index in [4.69, 9.17) is 28.4 Å². The molecule has 78 heavy (non-hydrogen) atoms. The van der Waals surface area contributed by atoms with Gasteiger partial charge in [-0.25, -0.2) is 54.3 Å². The van der Waals surface area contributed by atoms with Gasteiger partial charge in [-0.1, -0.05) is 57.3 Å². The molecule has 8 aromatic rings. The molecule has 3 fully saturated rings. The van der Waals surface area contributed by atoms with E-state index in [1.54, 1.807) is 104 Å². The van der Waals surface area contributed by atoms with Crippen LogP contribution in [0.3, 0.4) is 0 Å². The van der Waals surface area contributed by atoms with Crippen molar-refractivity contribution in [3.63, 3.8) is 0 Å². The summed E-state index contributed by atoms with van der Waals surface area (Å²) < 4.78 is 90.5. The van der Waals surface area contributed by atoms with Crippen LogP contribution in [-0.2, 0) is 48.5 Å². The second-order valence-electron chi connectivity index (χ2n) is 18.5. The van der Waals surface area contributed by atoms with Crippen LogP contribution in [-0.4, -0.2) is 108 Å². The lowest BCUT2D eigenvalue weighted by Gasteiger charge is -2.35. The molecule has 8 heterocycles. The highest BCUT2D eigenvalue weighted by Gasteiger charge is 2.41. The normalized spacial score (nSPS) is 17.0. The topological polar surface area (TPSA) is 219 Å². The SMILES string of the molecule is C.C.CCOC(=O)c1nc(-c2cn(S(=O)(=O)c3ccccc3)c3ncc(C4=CCC5(CC4)OCCO5)cc23)cs1.CCOC(=O)c1nc(-c2cn(S(=O)(=O)c3ccccc3)c3ncc(C4CCC5(CC4)OCCO5)cc23)cs1. The van der Waals surface area contributed by atoms with Crippen LogP contribution in [0.4, 0.5) is 0 Å². The fourth-order valence-corrected chi connectivity index (χ4v) is 14.2. The quantitative estimate of drug-likeness (QED) is 0.104. The van der Waals surface area contributed by atoms with Gasteiger partial charge in [-0.15, -0.1) is 22.7 Å². The second kappa shape index (κ2) is 23.1. The number of rotatable bonds is 12. The molecule has 6 aromatic heterocycles. The number of nitrogens with zero attached hydrogens (tertiary/aromatic N) is 6. The summed E-state index contributed by atoms with van der Waals surface area (Å²) in [5.74, 6) is -1.77. The van der Waals surface area contributed by atoms with Crippen molar-refractivity contribution in [2.75, 3.05) is 39.6 Å². The first-order valence-electron chi connectivity index (χ1n) is 24.9. The van der Waals surface area contributed by atoms with E-state index in [9.17, 15) is 26.4 Å². The first-order chi connectivity index (χ1) is 36.8. The van der Waals surface area contributed by atoms with Crippen LogP contribution in [0.2, 0.25) is 0 Å². The third-order valence-corrected chi connectivity index (χ3v) is 18.9. The standard InChI is InChI=1S/C27H27N3O6S2.C27H25N3O6S2.2CH4/c2*1-2-34-26(31)25-29-23(17-37-25)22-16-30(38(32,33)20-6-4-3-5-7-20)24-21(22)14-19(15-28-24)18-8-10-27(11-9-18)35-12-13-36-27;;/h3-7,14-18H,2,8-13H2,1H3;3-8,14-17H,2,9-13H2,1H3;2*1H4. The molecule has 22 heteroatoms. The van der Waals surface area contributed by atoms with Gasteiger partial charge in [-0.2, -0.15) is 0 Å². The summed E-state index contributed by atoms with van der Waals surface area (Å²) in [4.78, 5) is 43.1. The van der Waals surface area contributed by atoms with Crippen molar-refractivity contribution in [3.8, 4) is 22.5 Å². The van der Waals surface area contributed by atoms with Crippen LogP contribution in [0.15, 0.2) is 124 Å². The van der Waals surface area contributed by atoms with E-state index in [1.807, 2.05) is 12.1 Å². The number of ether oxygens (including phenoxy) is 6. The molecule has 2 aliphatic carbocycles. The maximum absolute atomic E-state index is 13.6. The molecule has 4 aliphatic rings. The number of esters is 2. The molecule has 0 unspecified atom stereocenters. The molecule has 0 bridgehead atoms. The van der Waals surface area contributed by atoms with E-state index in [1.165, 1.54) is 14.1 Å². The number of hydrogen-bond donors (Lipinski definition) is 0. The molecular weight excluding hydrogens is 1080 g/mol. The van der Waals surface area contributed by atoms with Gasteiger partial charge in [0.15, 0.2) is 22.9 Å². The Morgan fingerprint density at radius 2 is 1.13 bits per heavy atom. The van der Waals surface area contributed by atoms with Gasteiger partial charge in [-0.05, 0) is 92.1 Å². The Morgan fingerprint density at radius 3 is 1.60 bits per heavy atom. The van der Waals surface area contributed by atoms with Gasteiger partial charge in [0.25, 0.3) is 20.0 Å². The molecule has 2 spiro atoms. The molecule has 0 radical (unpaired) electrons. The van der Waals surface area contributed by atoms with Crippen molar-refractivity contribution in [1.82, 2.24) is 27.9 Å². The largest absolute Gasteiger partial charge is 0.461 e. The Morgan fingerprint density at radius 1 is 0.654 bits per heavy atom. The van der Waals surface area contributed by atoms with Crippen LogP contribution in [0.5, 0.6) is 0 Å². The number of thiazole rings is 2. The zero-order valence-electron chi connectivity index (χ0n) is 41.5. The summed E-state index contributed by atoms with van der Waals surface area (Å²) in [5.41, 5.74) is 5.75. The predicted octanol–water partition coefficient (Wildman–Crippen LogP) is 11.1. The van der Waals surface area contributed by atoms with Crippen molar-refractivity contribution < 1.29 is 54.8 Å². The highest BCUT2D eigenvalue weighted by Crippen LogP contribution is 2.44. The van der Waals surface area contributed by atoms with Gasteiger partial charge in [0, 0.05) is 83.1 Å². The zero-order chi connectivity index (χ0) is 52.7. The van der Waals surface area contributed by atoms with Crippen molar-refractivity contribution in [2.24, 2.45) is 0 Å². The number of carbonyl (C=O) groups is 2. The first-order valence-corrected chi connectivity index (χ1v) is 29.6. The fourth-order valence-electron chi connectivity index (χ4n) is 10.1. The highest BCUT2D eigenvalue weighted by atomic mass is 32.2. The molecule has 12 rings (SSSR count). The molecule has 0 amide bonds. The Balaban J connectivity index is 0.000000185. The number of hydrogen-bond acceptors (Lipinski definition) is 18. The number of allylic oxidation sites excluding steroid dienone is 1. The third kappa shape index (κ3) is 10.8. The van der Waals surface area contributed by atoms with Crippen LogP contribution in [0.1, 0.15) is 110 Å². The molecule has 2 saturated heterocycles. The number of fused-ring (bicyclic) bond motifs is 2. The van der Waals surface area contributed by atoms with Gasteiger partial charge in [0.2, 0.25) is 10.0 Å². The molecule has 0 N–H and O–H groups in total. The summed E-state index contributed by atoms with van der Waals surface area (Å²) in [6.45, 7) is 6.42. The lowest BCUT2D eigenvalue weighted by molar-refractivity contribution is -0.178. The fraction of sp³-hybridized carbons (Fsp3) is 0.357. The lowest BCUT2D eigenvalue weighted by atomic mass is 9.81. The summed E-state index contributed by atoms with van der Waals surface area (Å²) >= 11 is 2.32. The minimum Gasteiger partial charge on any atom is -0.461 e. The van der Waals surface area contributed by atoms with Crippen molar-refractivity contribution in [1.29, 1.82) is 0 Å². The lowest BCUT2D eigenvalue weighted by Crippen LogP contribution is -2.34. The van der Waals surface area contributed by atoms with Crippen LogP contribution in [0, 0.1) is 0 Å². The Labute approximate surface area is 461 Å². The van der Waals surface area contributed by atoms with Crippen molar-refractivity contribution >= 4 is 82.3 Å². The van der Waals surface area contributed by atoms with Gasteiger partial charge < -0.3 is 28.4 Å². The van der Waals surface area contributed by atoms with Crippen LogP contribution >= 0.6 is 22.7 Å². The van der Waals surface area contributed by atoms with Crippen LogP contribution < -0.4 is 0 Å². The van der Waals surface area contributed by atoms with Gasteiger partial charge >= 0.3 is 11.9 Å². The summed E-state index contributed by atoms with van der Waals surface area (Å²) in [7, 11) is -7.85. The Kier molecular flexibility index (Phi) is 16.6. The summed E-state index contributed by atoms with van der Waals surface area (Å²) in [6, 6.07) is 20.4. The minimum atomic E-state index is -3.93. The van der Waals surface area contributed by atoms with Crippen molar-refractivity contribution in [3.05, 3.63) is 136 Å². The number of aromatic nitrogens is 6. The monoisotopic (exact) mass is 1140 g/mol. The molecule has 2 aromatic carbocycles. The van der Waals surface area contributed by atoms with E-state index in [0.29, 0.717) is 71.8 Å². The van der Waals surface area contributed by atoms with Crippen molar-refractivity contribution in [2.45, 2.75) is 101 Å². The van der Waals surface area contributed by atoms with E-state index in [-0.39, 0.29) is 59.4 Å². The summed E-state index contributed by atoms with van der Waals surface area (Å²) in [6.07, 6.45) is 14.2. The Hall–Kier alpha value is -6.50. The molecule has 410 valence electrons. The first kappa shape index (κ1) is 56.2. The maximum atomic E-state index is 13.6. The number of benzene rings is 2. The van der Waals surface area contributed by atoms with E-state index in [2.05, 4.69) is 26.0 Å². The summed E-state index contributed by atoms with van der Waals surface area (Å²) in [5, 5.41) is 5.17. The molecule has 18 nitrogen and oxygen atoms in total. The van der Waals surface area contributed by atoms with Crippen LogP contribution in [0.25, 0.3) is 50.2 Å². The minimum absolute atomic E-state index is 0. The highest BCUT2D eigenvalue weighted by molar-refractivity contribution is 7.90. The molecular formula is C56H60N6O12S4. The van der Waals surface area contributed by atoms with Gasteiger partial charge in [0.05, 0.1) is 60.8 Å². The number of pyridine rings is 2. The predicted molar refractivity (Wildman–Crippen MR) is 297 cm³/mol. The smallest absolute Gasteiger partial charge is 0.367 e. The van der Waals surface area contributed by atoms with Gasteiger partial charge in [-0.3, -0.25) is 0 Å². The van der Waals surface area contributed by atoms with Gasteiger partial charge in [0.1, 0.15) is 0 Å². The number of carbonyl (C=O) groups excluding carboxylic acids is 2.